The van der Waals surface area contributed by atoms with E-state index in [-0.39, 0.29) is 12.0 Å². The summed E-state index contributed by atoms with van der Waals surface area (Å²) in [5.74, 6) is 0.293. The summed E-state index contributed by atoms with van der Waals surface area (Å²) in [6, 6.07) is 3.94. The summed E-state index contributed by atoms with van der Waals surface area (Å²) in [7, 11) is 0. The molecule has 3 rings (SSSR count). The first-order valence-electron chi connectivity index (χ1n) is 7.75. The van der Waals surface area contributed by atoms with Crippen molar-refractivity contribution in [1.82, 2.24) is 14.8 Å². The molecule has 3 heterocycles. The predicted molar refractivity (Wildman–Crippen MR) is 79.5 cm³/mol. The minimum absolute atomic E-state index is 0.172. The van der Waals surface area contributed by atoms with Crippen molar-refractivity contribution < 1.29 is 9.90 Å². The number of aliphatic hydroxyl groups excluding tert-OH is 1. The molecule has 0 aromatic carbocycles. The number of aromatic nitrogens is 1. The third-order valence-electron chi connectivity index (χ3n) is 4.80. The third kappa shape index (κ3) is 2.94. The zero-order chi connectivity index (χ0) is 14.7. The van der Waals surface area contributed by atoms with Crippen molar-refractivity contribution in [3.8, 4) is 0 Å². The number of piperidine rings is 1. The Labute approximate surface area is 125 Å². The largest absolute Gasteiger partial charge is 0.395 e. The van der Waals surface area contributed by atoms with Crippen LogP contribution in [-0.2, 0) is 11.3 Å². The number of hydrogen-bond donors (Lipinski definition) is 1. The topological polar surface area (TPSA) is 56.7 Å². The highest BCUT2D eigenvalue weighted by Gasteiger charge is 2.48. The maximum absolute atomic E-state index is 12.9. The van der Waals surface area contributed by atoms with Gasteiger partial charge in [0.1, 0.15) is 0 Å². The van der Waals surface area contributed by atoms with Crippen molar-refractivity contribution in [1.29, 1.82) is 0 Å². The molecule has 114 valence electrons. The number of likely N-dealkylation sites (tertiary alicyclic amines) is 2. The molecule has 0 saturated carbocycles. The van der Waals surface area contributed by atoms with Crippen LogP contribution in [0.15, 0.2) is 24.5 Å². The molecule has 1 aromatic heterocycles. The van der Waals surface area contributed by atoms with E-state index in [1.165, 1.54) is 0 Å². The molecule has 0 unspecified atom stereocenters. The van der Waals surface area contributed by atoms with E-state index in [2.05, 4.69) is 9.88 Å². The Morgan fingerprint density at radius 1 is 1.24 bits per heavy atom. The van der Waals surface area contributed by atoms with Crippen LogP contribution in [0.25, 0.3) is 0 Å². The quantitative estimate of drug-likeness (QED) is 0.894. The lowest BCUT2D eigenvalue weighted by Crippen LogP contribution is -2.48. The van der Waals surface area contributed by atoms with E-state index < -0.39 is 0 Å². The highest BCUT2D eigenvalue weighted by molar-refractivity contribution is 5.85. The molecule has 2 aliphatic heterocycles. The fourth-order valence-corrected chi connectivity index (χ4v) is 3.69. The number of carbonyl (C=O) groups is 1. The van der Waals surface area contributed by atoms with Gasteiger partial charge < -0.3 is 10.0 Å². The number of carbonyl (C=O) groups excluding carboxylic acids is 1. The fraction of sp³-hybridized carbons (Fsp3) is 0.625. The molecule has 1 amide bonds. The number of rotatable bonds is 4. The first-order valence-corrected chi connectivity index (χ1v) is 7.75. The second kappa shape index (κ2) is 6.12. The van der Waals surface area contributed by atoms with Crippen molar-refractivity contribution in [2.75, 3.05) is 32.8 Å². The number of β-amino-alcohol motifs (C(OH)–C–C–N with tert-alkyl or cyclic N) is 1. The van der Waals surface area contributed by atoms with Gasteiger partial charge in [-0.15, -0.1) is 0 Å². The lowest BCUT2D eigenvalue weighted by atomic mass is 9.78. The molecule has 1 N–H and O–H groups in total. The lowest BCUT2D eigenvalue weighted by Gasteiger charge is -2.38. The van der Waals surface area contributed by atoms with Gasteiger partial charge in [0, 0.05) is 38.6 Å². The van der Waals surface area contributed by atoms with Crippen molar-refractivity contribution >= 4 is 5.91 Å². The van der Waals surface area contributed by atoms with Crippen LogP contribution in [0.2, 0.25) is 0 Å². The number of hydrogen-bond acceptors (Lipinski definition) is 4. The van der Waals surface area contributed by atoms with Gasteiger partial charge in [0.15, 0.2) is 0 Å². The number of aliphatic hydroxyl groups is 1. The molecule has 2 fully saturated rings. The third-order valence-corrected chi connectivity index (χ3v) is 4.80. The second-order valence-corrected chi connectivity index (χ2v) is 6.22. The first kappa shape index (κ1) is 14.5. The molecule has 1 spiro atoms. The van der Waals surface area contributed by atoms with Crippen LogP contribution in [0.3, 0.4) is 0 Å². The Balaban J connectivity index is 1.68. The summed E-state index contributed by atoms with van der Waals surface area (Å²) < 4.78 is 0. The van der Waals surface area contributed by atoms with Gasteiger partial charge in [-0.05, 0) is 43.5 Å². The fourth-order valence-electron chi connectivity index (χ4n) is 3.69. The minimum Gasteiger partial charge on any atom is -0.395 e. The Hall–Kier alpha value is -1.46. The molecule has 2 saturated heterocycles. The van der Waals surface area contributed by atoms with Gasteiger partial charge in [0.2, 0.25) is 5.91 Å². The number of pyridine rings is 1. The summed E-state index contributed by atoms with van der Waals surface area (Å²) in [6.45, 7) is 4.18. The minimum atomic E-state index is -0.208. The molecule has 1 atom stereocenters. The van der Waals surface area contributed by atoms with E-state index in [1.54, 1.807) is 12.4 Å². The summed E-state index contributed by atoms with van der Waals surface area (Å²) in [5, 5.41) is 9.12. The molecule has 0 radical (unpaired) electrons. The number of nitrogens with zero attached hydrogens (tertiary/aromatic N) is 3. The molecule has 0 bridgehead atoms. The van der Waals surface area contributed by atoms with Crippen LogP contribution in [-0.4, -0.2) is 58.6 Å². The Morgan fingerprint density at radius 2 is 2.05 bits per heavy atom. The van der Waals surface area contributed by atoms with Crippen LogP contribution in [0.4, 0.5) is 0 Å². The average Bonchev–Trinajstić information content (AvgIpc) is 2.78. The van der Waals surface area contributed by atoms with Crippen LogP contribution in [0.5, 0.6) is 0 Å². The lowest BCUT2D eigenvalue weighted by molar-refractivity contribution is -0.139. The first-order chi connectivity index (χ1) is 10.2. The van der Waals surface area contributed by atoms with Gasteiger partial charge in [-0.2, -0.15) is 0 Å². The van der Waals surface area contributed by atoms with Crippen molar-refractivity contribution in [2.45, 2.75) is 25.8 Å². The molecule has 5 nitrogen and oxygen atoms in total. The average molecular weight is 289 g/mol. The summed E-state index contributed by atoms with van der Waals surface area (Å²) in [6.07, 6.45) is 6.53. The maximum atomic E-state index is 12.9. The van der Waals surface area contributed by atoms with Gasteiger partial charge in [-0.1, -0.05) is 0 Å². The van der Waals surface area contributed by atoms with Crippen molar-refractivity contribution in [3.63, 3.8) is 0 Å². The van der Waals surface area contributed by atoms with E-state index in [4.69, 9.17) is 5.11 Å². The van der Waals surface area contributed by atoms with Gasteiger partial charge >= 0.3 is 0 Å². The highest BCUT2D eigenvalue weighted by Crippen LogP contribution is 2.40. The molecule has 0 aliphatic carbocycles. The standard InChI is InChI=1S/C16H23N3O2/c20-11-10-18-8-1-4-16(13-18)5-9-19(15(16)21)12-14-2-6-17-7-3-14/h2-3,6-7,20H,1,4-5,8-13H2/t16-/m1/s1. The molecule has 5 heteroatoms. The van der Waals surface area contributed by atoms with E-state index in [9.17, 15) is 4.79 Å². The van der Waals surface area contributed by atoms with E-state index in [1.807, 2.05) is 17.0 Å². The van der Waals surface area contributed by atoms with E-state index in [0.29, 0.717) is 19.0 Å². The zero-order valence-electron chi connectivity index (χ0n) is 12.4. The van der Waals surface area contributed by atoms with Crippen LogP contribution < -0.4 is 0 Å². The molecule has 2 aliphatic rings. The van der Waals surface area contributed by atoms with Crippen LogP contribution in [0.1, 0.15) is 24.8 Å². The summed E-state index contributed by atoms with van der Waals surface area (Å²) in [5.41, 5.74) is 0.930. The highest BCUT2D eigenvalue weighted by atomic mass is 16.3. The van der Waals surface area contributed by atoms with Gasteiger partial charge in [-0.25, -0.2) is 0 Å². The predicted octanol–water partition coefficient (Wildman–Crippen LogP) is 0.888. The van der Waals surface area contributed by atoms with E-state index in [0.717, 1.165) is 44.5 Å². The molecule has 1 aromatic rings. The zero-order valence-corrected chi connectivity index (χ0v) is 12.4. The summed E-state index contributed by atoms with van der Waals surface area (Å²) >= 11 is 0. The van der Waals surface area contributed by atoms with E-state index >= 15 is 0 Å². The van der Waals surface area contributed by atoms with Crippen LogP contribution >= 0.6 is 0 Å². The van der Waals surface area contributed by atoms with Gasteiger partial charge in [0.05, 0.1) is 12.0 Å². The Morgan fingerprint density at radius 3 is 2.81 bits per heavy atom. The molecular formula is C16H23N3O2. The smallest absolute Gasteiger partial charge is 0.230 e. The van der Waals surface area contributed by atoms with Crippen molar-refractivity contribution in [2.24, 2.45) is 5.41 Å². The molecule has 21 heavy (non-hydrogen) atoms. The Bertz CT molecular complexity index is 492. The van der Waals surface area contributed by atoms with Gasteiger partial charge in [0.25, 0.3) is 0 Å². The summed E-state index contributed by atoms with van der Waals surface area (Å²) in [4.78, 5) is 21.1. The maximum Gasteiger partial charge on any atom is 0.230 e. The normalized spacial score (nSPS) is 26.7. The number of amides is 1. The Kier molecular flexibility index (Phi) is 4.22. The SMILES string of the molecule is O=C1N(Cc2ccncc2)CC[C@@]12CCCN(CCO)C2. The second-order valence-electron chi connectivity index (χ2n) is 6.22. The monoisotopic (exact) mass is 289 g/mol. The van der Waals surface area contributed by atoms with Crippen LogP contribution in [0, 0.1) is 5.41 Å². The van der Waals surface area contributed by atoms with Gasteiger partial charge in [-0.3, -0.25) is 14.7 Å². The molecular weight excluding hydrogens is 266 g/mol. The van der Waals surface area contributed by atoms with Crippen molar-refractivity contribution in [3.05, 3.63) is 30.1 Å².